The van der Waals surface area contributed by atoms with Crippen LogP contribution in [0.2, 0.25) is 0 Å². The van der Waals surface area contributed by atoms with Gasteiger partial charge in [0.15, 0.2) is 0 Å². The lowest BCUT2D eigenvalue weighted by Gasteiger charge is -2.04. The minimum absolute atomic E-state index is 0.0490. The van der Waals surface area contributed by atoms with E-state index in [1.165, 1.54) is 6.20 Å². The minimum Gasteiger partial charge on any atom is -0.399 e. The largest absolute Gasteiger partial charge is 0.399 e. The van der Waals surface area contributed by atoms with E-state index in [1.54, 1.807) is 24.3 Å². The molecule has 0 atom stereocenters. The van der Waals surface area contributed by atoms with E-state index in [2.05, 4.69) is 10.6 Å². The van der Waals surface area contributed by atoms with E-state index < -0.39 is 0 Å². The topological polar surface area (TPSA) is 90.9 Å². The Bertz CT molecular complexity index is 485. The standard InChI is InChI=1S/C14H18N4O/c1-2-3-8-17-14(19)11(9-15)10-18-13-6-4-12(16)5-7-13/h4-7,10,18H,2-3,8,16H2,1H3,(H,17,19)/b11-10-. The molecule has 4 N–H and O–H groups in total. The number of benzene rings is 1. The molecule has 1 aromatic carbocycles. The minimum atomic E-state index is -0.362. The van der Waals surface area contributed by atoms with Crippen LogP contribution in [-0.2, 0) is 4.79 Å². The maximum absolute atomic E-state index is 11.7. The fourth-order valence-electron chi connectivity index (χ4n) is 1.36. The Morgan fingerprint density at radius 1 is 1.42 bits per heavy atom. The number of nitrogens with zero attached hydrogens (tertiary/aromatic N) is 1. The number of hydrogen-bond donors (Lipinski definition) is 3. The third kappa shape index (κ3) is 5.13. The van der Waals surface area contributed by atoms with Gasteiger partial charge in [-0.25, -0.2) is 0 Å². The van der Waals surface area contributed by atoms with E-state index in [1.807, 2.05) is 13.0 Å². The molecule has 100 valence electrons. The van der Waals surface area contributed by atoms with Gasteiger partial charge in [-0.2, -0.15) is 5.26 Å². The van der Waals surface area contributed by atoms with Gasteiger partial charge in [0.05, 0.1) is 0 Å². The Hall–Kier alpha value is -2.48. The summed E-state index contributed by atoms with van der Waals surface area (Å²) in [6, 6.07) is 8.90. The molecular weight excluding hydrogens is 240 g/mol. The molecule has 0 spiro atoms. The number of anilines is 2. The lowest BCUT2D eigenvalue weighted by atomic mass is 10.2. The second-order valence-electron chi connectivity index (χ2n) is 4.05. The molecule has 0 heterocycles. The maximum atomic E-state index is 11.7. The van der Waals surface area contributed by atoms with Gasteiger partial charge >= 0.3 is 0 Å². The van der Waals surface area contributed by atoms with E-state index in [-0.39, 0.29) is 11.5 Å². The van der Waals surface area contributed by atoms with E-state index in [9.17, 15) is 4.79 Å². The van der Waals surface area contributed by atoms with Gasteiger partial charge in [0.2, 0.25) is 0 Å². The third-order valence-electron chi connectivity index (χ3n) is 2.47. The Kier molecular flexibility index (Phi) is 5.96. The van der Waals surface area contributed by atoms with Gasteiger partial charge in [-0.3, -0.25) is 4.79 Å². The van der Waals surface area contributed by atoms with E-state index in [0.717, 1.165) is 18.5 Å². The van der Waals surface area contributed by atoms with Gasteiger partial charge in [-0.05, 0) is 30.7 Å². The number of nitrogens with one attached hydrogen (secondary N) is 2. The molecule has 0 saturated heterocycles. The molecule has 0 bridgehead atoms. The highest BCUT2D eigenvalue weighted by molar-refractivity contribution is 5.97. The molecule has 1 aromatic rings. The smallest absolute Gasteiger partial charge is 0.263 e. The molecule has 19 heavy (non-hydrogen) atoms. The van der Waals surface area contributed by atoms with E-state index in [4.69, 9.17) is 11.0 Å². The highest BCUT2D eigenvalue weighted by atomic mass is 16.1. The molecule has 0 aliphatic rings. The van der Waals surface area contributed by atoms with Crippen molar-refractivity contribution in [2.75, 3.05) is 17.6 Å². The van der Waals surface area contributed by atoms with Crippen molar-refractivity contribution in [1.29, 1.82) is 5.26 Å². The van der Waals surface area contributed by atoms with Crippen molar-refractivity contribution in [2.24, 2.45) is 0 Å². The highest BCUT2D eigenvalue weighted by Crippen LogP contribution is 2.10. The number of amides is 1. The van der Waals surface area contributed by atoms with Crippen molar-refractivity contribution >= 4 is 17.3 Å². The first kappa shape index (κ1) is 14.6. The summed E-state index contributed by atoms with van der Waals surface area (Å²) in [4.78, 5) is 11.7. The fraction of sp³-hybridized carbons (Fsp3) is 0.286. The molecule has 0 aliphatic carbocycles. The average molecular weight is 258 g/mol. The lowest BCUT2D eigenvalue weighted by molar-refractivity contribution is -0.117. The van der Waals surface area contributed by atoms with Gasteiger partial charge in [0.25, 0.3) is 5.91 Å². The first-order valence-electron chi connectivity index (χ1n) is 6.18. The lowest BCUT2D eigenvalue weighted by Crippen LogP contribution is -2.25. The van der Waals surface area contributed by atoms with Crippen molar-refractivity contribution in [3.8, 4) is 6.07 Å². The first-order valence-corrected chi connectivity index (χ1v) is 6.18. The molecule has 1 amide bonds. The molecule has 0 aromatic heterocycles. The van der Waals surface area contributed by atoms with Crippen LogP contribution in [0, 0.1) is 11.3 Å². The monoisotopic (exact) mass is 258 g/mol. The van der Waals surface area contributed by atoms with Crippen molar-refractivity contribution in [3.05, 3.63) is 36.0 Å². The second-order valence-corrected chi connectivity index (χ2v) is 4.05. The van der Waals surface area contributed by atoms with Crippen LogP contribution in [0.25, 0.3) is 0 Å². The molecule has 0 radical (unpaired) electrons. The number of nitrogen functional groups attached to an aromatic ring is 1. The van der Waals surface area contributed by atoms with Crippen LogP contribution in [0.5, 0.6) is 0 Å². The summed E-state index contributed by atoms with van der Waals surface area (Å²) in [6.45, 7) is 2.62. The molecular formula is C14H18N4O. The average Bonchev–Trinajstić information content (AvgIpc) is 2.42. The summed E-state index contributed by atoms with van der Waals surface area (Å²) >= 11 is 0. The third-order valence-corrected chi connectivity index (χ3v) is 2.47. The molecule has 5 heteroatoms. The van der Waals surface area contributed by atoms with E-state index in [0.29, 0.717) is 12.2 Å². The normalized spacial score (nSPS) is 10.6. The Balaban J connectivity index is 2.59. The van der Waals surface area contributed by atoms with Gasteiger partial charge in [-0.1, -0.05) is 13.3 Å². The molecule has 0 aliphatic heterocycles. The van der Waals surface area contributed by atoms with Crippen molar-refractivity contribution < 1.29 is 4.79 Å². The number of carbonyl (C=O) groups excluding carboxylic acids is 1. The summed E-state index contributed by atoms with van der Waals surface area (Å²) in [6.07, 6.45) is 3.29. The molecule has 0 saturated carbocycles. The molecule has 0 unspecified atom stereocenters. The zero-order valence-electron chi connectivity index (χ0n) is 10.9. The number of hydrogen-bond acceptors (Lipinski definition) is 4. The maximum Gasteiger partial charge on any atom is 0.263 e. The van der Waals surface area contributed by atoms with Crippen LogP contribution in [0.15, 0.2) is 36.0 Å². The second kappa shape index (κ2) is 7.77. The zero-order valence-corrected chi connectivity index (χ0v) is 10.9. The van der Waals surface area contributed by atoms with Gasteiger partial charge in [0.1, 0.15) is 11.6 Å². The predicted octanol–water partition coefficient (Wildman–Crippen LogP) is 2.00. The fourth-order valence-corrected chi connectivity index (χ4v) is 1.36. The quantitative estimate of drug-likeness (QED) is 0.315. The van der Waals surface area contributed by atoms with Crippen LogP contribution in [0.4, 0.5) is 11.4 Å². The number of nitrogens with two attached hydrogens (primary N) is 1. The molecule has 0 fully saturated rings. The van der Waals surface area contributed by atoms with Crippen molar-refractivity contribution in [3.63, 3.8) is 0 Å². The number of unbranched alkanes of at least 4 members (excludes halogenated alkanes) is 1. The van der Waals surface area contributed by atoms with Crippen LogP contribution in [-0.4, -0.2) is 12.5 Å². The highest BCUT2D eigenvalue weighted by Gasteiger charge is 2.07. The van der Waals surface area contributed by atoms with Crippen LogP contribution in [0.1, 0.15) is 19.8 Å². The summed E-state index contributed by atoms with van der Waals surface area (Å²) in [5.74, 6) is -0.362. The zero-order chi connectivity index (χ0) is 14.1. The van der Waals surface area contributed by atoms with Gasteiger partial charge in [0, 0.05) is 24.1 Å². The Morgan fingerprint density at radius 3 is 2.68 bits per heavy atom. The number of rotatable bonds is 6. The Labute approximate surface area is 113 Å². The van der Waals surface area contributed by atoms with Crippen molar-refractivity contribution in [1.82, 2.24) is 5.32 Å². The SMILES string of the molecule is CCCCNC(=O)/C(C#N)=C\Nc1ccc(N)cc1. The summed E-state index contributed by atoms with van der Waals surface area (Å²) in [5, 5.41) is 14.5. The first-order chi connectivity index (χ1) is 9.17. The predicted molar refractivity (Wildman–Crippen MR) is 76.1 cm³/mol. The number of carbonyl (C=O) groups is 1. The van der Waals surface area contributed by atoms with Crippen LogP contribution >= 0.6 is 0 Å². The van der Waals surface area contributed by atoms with Gasteiger partial charge in [-0.15, -0.1) is 0 Å². The Morgan fingerprint density at radius 2 is 2.11 bits per heavy atom. The summed E-state index contributed by atoms with van der Waals surface area (Å²) in [7, 11) is 0. The molecule has 5 nitrogen and oxygen atoms in total. The van der Waals surface area contributed by atoms with Gasteiger partial charge < -0.3 is 16.4 Å². The molecule has 1 rings (SSSR count). The van der Waals surface area contributed by atoms with Crippen LogP contribution in [0.3, 0.4) is 0 Å². The van der Waals surface area contributed by atoms with Crippen molar-refractivity contribution in [2.45, 2.75) is 19.8 Å². The number of nitriles is 1. The van der Waals surface area contributed by atoms with E-state index >= 15 is 0 Å². The summed E-state index contributed by atoms with van der Waals surface area (Å²) in [5.41, 5.74) is 7.04. The summed E-state index contributed by atoms with van der Waals surface area (Å²) < 4.78 is 0. The van der Waals surface area contributed by atoms with Crippen LogP contribution < -0.4 is 16.4 Å².